The maximum Gasteiger partial charge on any atom is 0.251 e. The van der Waals surface area contributed by atoms with Crippen molar-refractivity contribution in [2.75, 3.05) is 19.6 Å². The normalized spacial score (nSPS) is 15.5. The first kappa shape index (κ1) is 21.1. The third-order valence-electron chi connectivity index (χ3n) is 6.14. The van der Waals surface area contributed by atoms with Crippen molar-refractivity contribution in [3.8, 4) is 11.3 Å². The average molecular weight is 450 g/mol. The Morgan fingerprint density at radius 3 is 2.88 bits per heavy atom. The summed E-state index contributed by atoms with van der Waals surface area (Å²) in [5.74, 6) is 0.826. The van der Waals surface area contributed by atoms with Crippen LogP contribution in [0, 0.1) is 6.92 Å². The molecule has 1 saturated heterocycles. The fraction of sp³-hybridized carbons (Fsp3) is 0.375. The topological polar surface area (TPSA) is 76.2 Å². The van der Waals surface area contributed by atoms with Gasteiger partial charge in [-0.2, -0.15) is 11.3 Å². The van der Waals surface area contributed by atoms with E-state index in [0.29, 0.717) is 12.6 Å². The Hall–Kier alpha value is -2.81. The van der Waals surface area contributed by atoms with Crippen LogP contribution in [-0.2, 0) is 13.1 Å². The Morgan fingerprint density at radius 1 is 1.19 bits per heavy atom. The number of piperidine rings is 1. The molecule has 5 rings (SSSR count). The zero-order chi connectivity index (χ0) is 21.9. The van der Waals surface area contributed by atoms with Gasteiger partial charge in [0.25, 0.3) is 5.56 Å². The summed E-state index contributed by atoms with van der Waals surface area (Å²) in [6.45, 7) is 6.32. The maximum absolute atomic E-state index is 12.5. The lowest BCUT2D eigenvalue weighted by molar-refractivity contribution is 0.191. The third-order valence-corrected chi connectivity index (χ3v) is 6.82. The number of hydrogen-bond acceptors (Lipinski definition) is 7. The maximum atomic E-state index is 12.5. The van der Waals surface area contributed by atoms with E-state index in [-0.39, 0.29) is 5.56 Å². The van der Waals surface area contributed by atoms with E-state index in [1.165, 1.54) is 0 Å². The summed E-state index contributed by atoms with van der Waals surface area (Å²) in [5, 5.41) is 11.9. The molecule has 0 unspecified atom stereocenters. The van der Waals surface area contributed by atoms with Crippen molar-refractivity contribution in [3.63, 3.8) is 0 Å². The van der Waals surface area contributed by atoms with Crippen molar-refractivity contribution in [1.29, 1.82) is 0 Å². The van der Waals surface area contributed by atoms with Crippen LogP contribution in [0.4, 0.5) is 0 Å². The molecule has 0 aromatic carbocycles. The summed E-state index contributed by atoms with van der Waals surface area (Å²) in [6, 6.07) is 10.0. The van der Waals surface area contributed by atoms with Gasteiger partial charge in [0.15, 0.2) is 5.76 Å². The highest BCUT2D eigenvalue weighted by Crippen LogP contribution is 2.23. The molecule has 0 atom stereocenters. The molecule has 0 spiro atoms. The number of likely N-dealkylation sites (tertiary alicyclic amines) is 1. The van der Waals surface area contributed by atoms with E-state index in [1.807, 2.05) is 47.3 Å². The van der Waals surface area contributed by atoms with Crippen molar-refractivity contribution in [1.82, 2.24) is 24.9 Å². The molecule has 7 nitrogen and oxygen atoms in total. The van der Waals surface area contributed by atoms with Crippen LogP contribution in [0.2, 0.25) is 0 Å². The number of hydrogen-bond donors (Lipinski definition) is 1. The van der Waals surface area contributed by atoms with Crippen LogP contribution >= 0.6 is 11.3 Å². The van der Waals surface area contributed by atoms with Crippen LogP contribution in [0.25, 0.3) is 22.4 Å². The van der Waals surface area contributed by atoms with Gasteiger partial charge in [-0.05, 0) is 62.0 Å². The predicted octanol–water partition coefficient (Wildman–Crippen LogP) is 3.68. The van der Waals surface area contributed by atoms with Crippen LogP contribution < -0.4 is 10.9 Å². The second-order valence-corrected chi connectivity index (χ2v) is 9.21. The first-order valence-corrected chi connectivity index (χ1v) is 12.0. The number of pyridine rings is 2. The standard InChI is InChI=1S/C24H27N5O2S/c1-17-12-22-21(26-14-17)2-3-24(30)29(22)10-9-28-7-4-19(5-8-28)25-15-20-13-23(31-27-20)18-6-11-32-16-18/h2-3,6,11-14,16,19,25H,4-5,7-10,15H2,1H3. The monoisotopic (exact) mass is 449 g/mol. The average Bonchev–Trinajstić information content (AvgIpc) is 3.50. The molecule has 0 bridgehead atoms. The molecule has 1 N–H and O–H groups in total. The van der Waals surface area contributed by atoms with Gasteiger partial charge in [0, 0.05) is 54.9 Å². The number of aromatic nitrogens is 3. The van der Waals surface area contributed by atoms with Crippen molar-refractivity contribution in [3.05, 3.63) is 68.9 Å². The molecule has 166 valence electrons. The van der Waals surface area contributed by atoms with E-state index in [9.17, 15) is 4.79 Å². The van der Waals surface area contributed by atoms with Gasteiger partial charge in [0.05, 0.1) is 16.7 Å². The van der Waals surface area contributed by atoms with Gasteiger partial charge in [-0.3, -0.25) is 9.78 Å². The van der Waals surface area contributed by atoms with Crippen LogP contribution in [0.5, 0.6) is 0 Å². The lowest BCUT2D eigenvalue weighted by Gasteiger charge is -2.32. The number of thiophene rings is 1. The van der Waals surface area contributed by atoms with Gasteiger partial charge in [0.2, 0.25) is 0 Å². The number of aryl methyl sites for hydroxylation is 1. The van der Waals surface area contributed by atoms with Crippen molar-refractivity contribution in [2.24, 2.45) is 0 Å². The Labute approximate surface area is 190 Å². The lowest BCUT2D eigenvalue weighted by Crippen LogP contribution is -2.43. The Bertz CT molecular complexity index is 1240. The molecule has 0 amide bonds. The fourth-order valence-corrected chi connectivity index (χ4v) is 4.93. The zero-order valence-corrected chi connectivity index (χ0v) is 19.0. The highest BCUT2D eigenvalue weighted by Gasteiger charge is 2.19. The summed E-state index contributed by atoms with van der Waals surface area (Å²) >= 11 is 1.65. The summed E-state index contributed by atoms with van der Waals surface area (Å²) in [5.41, 5.74) is 4.91. The van der Waals surface area contributed by atoms with E-state index in [1.54, 1.807) is 17.4 Å². The molecule has 1 fully saturated rings. The first-order chi connectivity index (χ1) is 15.7. The highest BCUT2D eigenvalue weighted by molar-refractivity contribution is 7.08. The Kier molecular flexibility index (Phi) is 6.16. The molecule has 4 aromatic heterocycles. The summed E-state index contributed by atoms with van der Waals surface area (Å²) in [6.07, 6.45) is 4.01. The quantitative estimate of drug-likeness (QED) is 0.464. The van der Waals surface area contributed by atoms with E-state index in [0.717, 1.165) is 72.6 Å². The SMILES string of the molecule is Cc1cnc2ccc(=O)n(CCN3CCC(NCc4cc(-c5ccsc5)on4)CC3)c2c1. The fourth-order valence-electron chi connectivity index (χ4n) is 4.29. The van der Waals surface area contributed by atoms with Gasteiger partial charge in [0.1, 0.15) is 0 Å². The number of rotatable bonds is 7. The second kappa shape index (κ2) is 9.36. The minimum atomic E-state index is 0.0379. The molecule has 0 aliphatic carbocycles. The Balaban J connectivity index is 1.12. The summed E-state index contributed by atoms with van der Waals surface area (Å²) in [4.78, 5) is 19.4. The smallest absolute Gasteiger partial charge is 0.251 e. The van der Waals surface area contributed by atoms with E-state index >= 15 is 0 Å². The molecular formula is C24H27N5O2S. The van der Waals surface area contributed by atoms with Crippen molar-refractivity contribution < 1.29 is 4.52 Å². The van der Waals surface area contributed by atoms with Gasteiger partial charge < -0.3 is 19.3 Å². The Morgan fingerprint density at radius 2 is 2.06 bits per heavy atom. The summed E-state index contributed by atoms with van der Waals surface area (Å²) in [7, 11) is 0. The van der Waals surface area contributed by atoms with Gasteiger partial charge >= 0.3 is 0 Å². The molecular weight excluding hydrogens is 422 g/mol. The zero-order valence-electron chi connectivity index (χ0n) is 18.2. The molecule has 5 heterocycles. The number of nitrogens with zero attached hydrogens (tertiary/aromatic N) is 4. The van der Waals surface area contributed by atoms with Gasteiger partial charge in [-0.25, -0.2) is 0 Å². The lowest BCUT2D eigenvalue weighted by atomic mass is 10.0. The third kappa shape index (κ3) is 4.67. The van der Waals surface area contributed by atoms with Crippen LogP contribution in [0.15, 0.2) is 56.6 Å². The van der Waals surface area contributed by atoms with Gasteiger partial charge in [-0.1, -0.05) is 5.16 Å². The molecule has 8 heteroatoms. The minimum Gasteiger partial charge on any atom is -0.356 e. The van der Waals surface area contributed by atoms with E-state index < -0.39 is 0 Å². The number of fused-ring (bicyclic) bond motifs is 1. The van der Waals surface area contributed by atoms with E-state index in [4.69, 9.17) is 4.52 Å². The largest absolute Gasteiger partial charge is 0.356 e. The minimum absolute atomic E-state index is 0.0379. The second-order valence-electron chi connectivity index (χ2n) is 8.43. The first-order valence-electron chi connectivity index (χ1n) is 11.1. The number of nitrogens with one attached hydrogen (secondary N) is 1. The van der Waals surface area contributed by atoms with Crippen LogP contribution in [0.3, 0.4) is 0 Å². The van der Waals surface area contributed by atoms with E-state index in [2.05, 4.69) is 25.7 Å². The summed E-state index contributed by atoms with van der Waals surface area (Å²) < 4.78 is 7.32. The highest BCUT2D eigenvalue weighted by atomic mass is 32.1. The molecule has 1 aliphatic heterocycles. The predicted molar refractivity (Wildman–Crippen MR) is 127 cm³/mol. The molecule has 4 aromatic rings. The van der Waals surface area contributed by atoms with Crippen LogP contribution in [0.1, 0.15) is 24.1 Å². The molecule has 0 saturated carbocycles. The van der Waals surface area contributed by atoms with Crippen LogP contribution in [-0.4, -0.2) is 45.3 Å². The van der Waals surface area contributed by atoms with Gasteiger partial charge in [-0.15, -0.1) is 0 Å². The molecule has 1 aliphatic rings. The molecule has 0 radical (unpaired) electrons. The molecule has 32 heavy (non-hydrogen) atoms. The van der Waals surface area contributed by atoms with Crippen molar-refractivity contribution >= 4 is 22.4 Å². The van der Waals surface area contributed by atoms with Crippen molar-refractivity contribution in [2.45, 2.75) is 38.9 Å².